The molecule has 0 aliphatic heterocycles. The van der Waals surface area contributed by atoms with E-state index in [9.17, 15) is 9.59 Å². The van der Waals surface area contributed by atoms with Crippen LogP contribution in [0.2, 0.25) is 0 Å². The Hall–Kier alpha value is -2.82. The highest BCUT2D eigenvalue weighted by Crippen LogP contribution is 2.22. The highest BCUT2D eigenvalue weighted by Gasteiger charge is 2.20. The van der Waals surface area contributed by atoms with Crippen LogP contribution in [0.5, 0.6) is 0 Å². The molecule has 26 heavy (non-hydrogen) atoms. The van der Waals surface area contributed by atoms with Crippen LogP contribution >= 0.6 is 0 Å². The summed E-state index contributed by atoms with van der Waals surface area (Å²) in [7, 11) is 0. The van der Waals surface area contributed by atoms with Crippen molar-refractivity contribution in [3.05, 3.63) is 70.2 Å². The third-order valence-corrected chi connectivity index (χ3v) is 4.61. The molecule has 0 aliphatic rings. The second-order valence-electron chi connectivity index (χ2n) is 6.81. The molecule has 5 heteroatoms. The number of hydrogen-bond donors (Lipinski definition) is 1. The Kier molecular flexibility index (Phi) is 5.26. The highest BCUT2D eigenvalue weighted by atomic mass is 16.4. The molecule has 0 spiro atoms. The minimum absolute atomic E-state index is 0.0634. The first-order valence-corrected chi connectivity index (χ1v) is 8.96. The van der Waals surface area contributed by atoms with Gasteiger partial charge in [0, 0.05) is 0 Å². The first-order chi connectivity index (χ1) is 12.5. The molecule has 3 aromatic rings. The van der Waals surface area contributed by atoms with Crippen molar-refractivity contribution in [2.75, 3.05) is 0 Å². The van der Waals surface area contributed by atoms with Gasteiger partial charge in [0.1, 0.15) is 6.54 Å². The third kappa shape index (κ3) is 3.72. The monoisotopic (exact) mass is 352 g/mol. The number of nitrogens with zero attached hydrogens (tertiary/aromatic N) is 1. The van der Waals surface area contributed by atoms with Gasteiger partial charge < -0.3 is 9.73 Å². The molecule has 1 N–H and O–H groups in total. The first kappa shape index (κ1) is 18.0. The van der Waals surface area contributed by atoms with Crippen LogP contribution in [-0.4, -0.2) is 10.5 Å². The maximum absolute atomic E-state index is 12.6. The molecule has 0 fully saturated rings. The quantitative estimate of drug-likeness (QED) is 0.736. The molecule has 1 amide bonds. The fourth-order valence-corrected chi connectivity index (χ4v) is 3.12. The average molecular weight is 352 g/mol. The lowest BCUT2D eigenvalue weighted by molar-refractivity contribution is -0.122. The number of aromatic nitrogens is 1. The van der Waals surface area contributed by atoms with Gasteiger partial charge in [-0.05, 0) is 35.6 Å². The van der Waals surface area contributed by atoms with Crippen LogP contribution in [0.15, 0.2) is 57.7 Å². The lowest BCUT2D eigenvalue weighted by atomic mass is 9.95. The molecule has 0 saturated carbocycles. The Labute approximate surface area is 152 Å². The van der Waals surface area contributed by atoms with Crippen molar-refractivity contribution in [2.45, 2.75) is 39.8 Å². The zero-order chi connectivity index (χ0) is 18.7. The number of nitrogens with one attached hydrogen (secondary N) is 1. The minimum Gasteiger partial charge on any atom is -0.408 e. The molecule has 0 aliphatic carbocycles. The second-order valence-corrected chi connectivity index (χ2v) is 6.81. The maximum Gasteiger partial charge on any atom is 0.420 e. The standard InChI is InChI=1S/C21H24N2O3/c1-4-15-9-11-16(12-10-15)20(14(2)3)22-19(24)13-23-17-7-5-6-8-18(17)26-21(23)25/h5-12,14,20H,4,13H2,1-3H3,(H,22,24)/t20-/m1/s1. The summed E-state index contributed by atoms with van der Waals surface area (Å²) in [6.07, 6.45) is 0.982. The van der Waals surface area contributed by atoms with Crippen LogP contribution < -0.4 is 11.1 Å². The number of amides is 1. The van der Waals surface area contributed by atoms with Crippen molar-refractivity contribution in [1.82, 2.24) is 9.88 Å². The molecular weight excluding hydrogens is 328 g/mol. The summed E-state index contributed by atoms with van der Waals surface area (Å²) in [6, 6.07) is 15.3. The summed E-state index contributed by atoms with van der Waals surface area (Å²) in [5, 5.41) is 3.06. The molecule has 3 rings (SSSR count). The van der Waals surface area contributed by atoms with Crippen LogP contribution in [0.25, 0.3) is 11.1 Å². The van der Waals surface area contributed by atoms with Crippen molar-refractivity contribution >= 4 is 17.0 Å². The molecule has 1 atom stereocenters. The number of hydrogen-bond acceptors (Lipinski definition) is 3. The molecule has 0 bridgehead atoms. The van der Waals surface area contributed by atoms with Crippen LogP contribution in [0.4, 0.5) is 0 Å². The molecule has 136 valence electrons. The minimum atomic E-state index is -0.519. The normalized spacial score (nSPS) is 12.5. The van der Waals surface area contributed by atoms with Gasteiger partial charge in [0.25, 0.3) is 0 Å². The lowest BCUT2D eigenvalue weighted by Gasteiger charge is -2.23. The number of para-hydroxylation sites is 2. The Morgan fingerprint density at radius 2 is 1.81 bits per heavy atom. The van der Waals surface area contributed by atoms with Gasteiger partial charge in [-0.15, -0.1) is 0 Å². The zero-order valence-corrected chi connectivity index (χ0v) is 15.4. The molecule has 2 aromatic carbocycles. The predicted octanol–water partition coefficient (Wildman–Crippen LogP) is 3.67. The Balaban J connectivity index is 1.79. The van der Waals surface area contributed by atoms with Gasteiger partial charge in [-0.25, -0.2) is 4.79 Å². The average Bonchev–Trinajstić information content (AvgIpc) is 2.95. The van der Waals surface area contributed by atoms with E-state index >= 15 is 0 Å². The number of rotatable bonds is 6. The Bertz CT molecular complexity index is 951. The predicted molar refractivity (Wildman–Crippen MR) is 102 cm³/mol. The fourth-order valence-electron chi connectivity index (χ4n) is 3.12. The van der Waals surface area contributed by atoms with Gasteiger partial charge in [-0.2, -0.15) is 0 Å². The molecule has 0 radical (unpaired) electrons. The molecule has 5 nitrogen and oxygen atoms in total. The van der Waals surface area contributed by atoms with Gasteiger partial charge in [0.15, 0.2) is 5.58 Å². The van der Waals surface area contributed by atoms with Crippen LogP contribution in [0, 0.1) is 5.92 Å². The smallest absolute Gasteiger partial charge is 0.408 e. The largest absolute Gasteiger partial charge is 0.420 e. The van der Waals surface area contributed by atoms with Crippen LogP contribution in [0.3, 0.4) is 0 Å². The number of fused-ring (bicyclic) bond motifs is 1. The lowest BCUT2D eigenvalue weighted by Crippen LogP contribution is -2.35. The van der Waals surface area contributed by atoms with Crippen molar-refractivity contribution < 1.29 is 9.21 Å². The van der Waals surface area contributed by atoms with Gasteiger partial charge in [-0.1, -0.05) is 57.2 Å². The van der Waals surface area contributed by atoms with Gasteiger partial charge in [0.2, 0.25) is 5.91 Å². The topological polar surface area (TPSA) is 64.2 Å². The van der Waals surface area contributed by atoms with E-state index in [1.165, 1.54) is 10.1 Å². The van der Waals surface area contributed by atoms with Crippen molar-refractivity contribution in [1.29, 1.82) is 0 Å². The van der Waals surface area contributed by atoms with Crippen molar-refractivity contribution in [2.24, 2.45) is 5.92 Å². The van der Waals surface area contributed by atoms with E-state index in [1.807, 2.05) is 6.07 Å². The van der Waals surface area contributed by atoms with E-state index < -0.39 is 5.76 Å². The summed E-state index contributed by atoms with van der Waals surface area (Å²) in [5.41, 5.74) is 3.44. The molecule has 1 heterocycles. The maximum atomic E-state index is 12.6. The summed E-state index contributed by atoms with van der Waals surface area (Å²) >= 11 is 0. The highest BCUT2D eigenvalue weighted by molar-refractivity contribution is 5.79. The van der Waals surface area contributed by atoms with E-state index in [0.29, 0.717) is 11.1 Å². The van der Waals surface area contributed by atoms with Gasteiger partial charge in [0.05, 0.1) is 11.6 Å². The Morgan fingerprint density at radius 3 is 2.46 bits per heavy atom. The molecule has 1 aromatic heterocycles. The van der Waals surface area contributed by atoms with Gasteiger partial charge >= 0.3 is 5.76 Å². The van der Waals surface area contributed by atoms with E-state index in [0.717, 1.165) is 12.0 Å². The molecule has 0 saturated heterocycles. The second kappa shape index (κ2) is 7.60. The number of carbonyl (C=O) groups excluding carboxylic acids is 1. The third-order valence-electron chi connectivity index (χ3n) is 4.61. The van der Waals surface area contributed by atoms with E-state index in [-0.39, 0.29) is 24.4 Å². The summed E-state index contributed by atoms with van der Waals surface area (Å²) in [4.78, 5) is 24.7. The number of carbonyl (C=O) groups is 1. The van der Waals surface area contributed by atoms with Gasteiger partial charge in [-0.3, -0.25) is 9.36 Å². The first-order valence-electron chi connectivity index (χ1n) is 8.96. The molecule has 0 unspecified atom stereocenters. The van der Waals surface area contributed by atoms with Crippen LogP contribution in [-0.2, 0) is 17.8 Å². The number of oxazole rings is 1. The van der Waals surface area contributed by atoms with E-state index in [2.05, 4.69) is 50.4 Å². The number of benzene rings is 2. The SMILES string of the molecule is CCc1ccc([C@H](NC(=O)Cn2c(=O)oc3ccccc32)C(C)C)cc1. The summed E-state index contributed by atoms with van der Waals surface area (Å²) in [6.45, 7) is 6.19. The van der Waals surface area contributed by atoms with Crippen molar-refractivity contribution in [3.8, 4) is 0 Å². The Morgan fingerprint density at radius 1 is 1.12 bits per heavy atom. The number of aryl methyl sites for hydroxylation is 1. The van der Waals surface area contributed by atoms with Crippen molar-refractivity contribution in [3.63, 3.8) is 0 Å². The molecular formula is C21H24N2O3. The fraction of sp³-hybridized carbons (Fsp3) is 0.333. The van der Waals surface area contributed by atoms with Crippen LogP contribution in [0.1, 0.15) is 37.9 Å². The van der Waals surface area contributed by atoms with E-state index in [4.69, 9.17) is 4.42 Å². The summed E-state index contributed by atoms with van der Waals surface area (Å²) in [5.74, 6) is -0.504. The summed E-state index contributed by atoms with van der Waals surface area (Å²) < 4.78 is 6.55. The zero-order valence-electron chi connectivity index (χ0n) is 15.4. The van der Waals surface area contributed by atoms with E-state index in [1.54, 1.807) is 18.2 Å².